The summed E-state index contributed by atoms with van der Waals surface area (Å²) in [7, 11) is 0. The number of nitrogens with two attached hydrogens (primary N) is 1. The van der Waals surface area contributed by atoms with Crippen LogP contribution in [0.5, 0.6) is 11.5 Å². The van der Waals surface area contributed by atoms with Gasteiger partial charge in [-0.25, -0.2) is 0 Å². The number of hydrogen-bond donors (Lipinski definition) is 1. The Kier molecular flexibility index (Phi) is 4.10. The third kappa shape index (κ3) is 3.07. The fourth-order valence-electron chi connectivity index (χ4n) is 1.86. The highest BCUT2D eigenvalue weighted by atomic mass is 79.9. The lowest BCUT2D eigenvalue weighted by Crippen LogP contribution is -1.98. The van der Waals surface area contributed by atoms with Gasteiger partial charge >= 0.3 is 0 Å². The number of ether oxygens (including phenoxy) is 1. The number of halogens is 1. The minimum atomic E-state index is 0.387. The van der Waals surface area contributed by atoms with Gasteiger partial charge in [-0.3, -0.25) is 4.98 Å². The van der Waals surface area contributed by atoms with Crippen LogP contribution in [0.3, 0.4) is 0 Å². The zero-order valence-corrected chi connectivity index (χ0v) is 12.9. The second-order valence-corrected chi connectivity index (χ2v) is 5.69. The summed E-state index contributed by atoms with van der Waals surface area (Å²) >= 11 is 3.42. The summed E-state index contributed by atoms with van der Waals surface area (Å²) in [5, 5.41) is 0. The Morgan fingerprint density at radius 3 is 2.63 bits per heavy atom. The molecule has 19 heavy (non-hydrogen) atoms. The molecule has 0 bridgehead atoms. The van der Waals surface area contributed by atoms with Crippen molar-refractivity contribution in [3.8, 4) is 11.5 Å². The molecule has 0 radical (unpaired) electrons. The second kappa shape index (κ2) is 5.61. The van der Waals surface area contributed by atoms with Crippen LogP contribution in [0.15, 0.2) is 35.1 Å². The monoisotopic (exact) mass is 320 g/mol. The molecular weight excluding hydrogens is 304 g/mol. The minimum absolute atomic E-state index is 0.387. The van der Waals surface area contributed by atoms with E-state index in [4.69, 9.17) is 10.5 Å². The van der Waals surface area contributed by atoms with Crippen LogP contribution < -0.4 is 10.5 Å². The Balaban J connectivity index is 2.46. The molecule has 0 spiro atoms. The highest BCUT2D eigenvalue weighted by molar-refractivity contribution is 9.10. The van der Waals surface area contributed by atoms with E-state index in [2.05, 4.69) is 46.9 Å². The van der Waals surface area contributed by atoms with Crippen LogP contribution >= 0.6 is 15.9 Å². The van der Waals surface area contributed by atoms with Gasteiger partial charge in [-0.05, 0) is 46.0 Å². The SMILES string of the molecule is Cc1ccc(C(C)C)c(Oc2c(N)cncc2Br)c1. The van der Waals surface area contributed by atoms with Gasteiger partial charge < -0.3 is 10.5 Å². The summed E-state index contributed by atoms with van der Waals surface area (Å²) in [5.74, 6) is 1.84. The van der Waals surface area contributed by atoms with Crippen molar-refractivity contribution in [2.75, 3.05) is 5.73 Å². The number of nitrogens with zero attached hydrogens (tertiary/aromatic N) is 1. The number of aryl methyl sites for hydroxylation is 1. The van der Waals surface area contributed by atoms with Crippen molar-refractivity contribution >= 4 is 21.6 Å². The number of aromatic nitrogens is 1. The molecule has 0 saturated heterocycles. The Morgan fingerprint density at radius 1 is 1.26 bits per heavy atom. The van der Waals surface area contributed by atoms with Crippen molar-refractivity contribution in [3.63, 3.8) is 0 Å². The fraction of sp³-hybridized carbons (Fsp3) is 0.267. The van der Waals surface area contributed by atoms with Crippen LogP contribution in [0.2, 0.25) is 0 Å². The predicted molar refractivity (Wildman–Crippen MR) is 81.7 cm³/mol. The molecule has 0 aliphatic rings. The third-order valence-corrected chi connectivity index (χ3v) is 3.45. The molecule has 0 saturated carbocycles. The summed E-state index contributed by atoms with van der Waals surface area (Å²) in [4.78, 5) is 4.01. The summed E-state index contributed by atoms with van der Waals surface area (Å²) < 4.78 is 6.75. The molecule has 2 rings (SSSR count). The average Bonchev–Trinajstić information content (AvgIpc) is 2.33. The average molecular weight is 321 g/mol. The lowest BCUT2D eigenvalue weighted by atomic mass is 10.0. The van der Waals surface area contributed by atoms with Crippen LogP contribution in [0.25, 0.3) is 0 Å². The van der Waals surface area contributed by atoms with Gasteiger partial charge in [0, 0.05) is 6.20 Å². The van der Waals surface area contributed by atoms with Crippen LogP contribution in [0.1, 0.15) is 30.9 Å². The number of rotatable bonds is 3. The van der Waals surface area contributed by atoms with E-state index in [-0.39, 0.29) is 0 Å². The van der Waals surface area contributed by atoms with Crippen molar-refractivity contribution in [1.29, 1.82) is 0 Å². The molecule has 2 aromatic rings. The van der Waals surface area contributed by atoms with Crippen LogP contribution in [0, 0.1) is 6.92 Å². The van der Waals surface area contributed by atoms with Crippen molar-refractivity contribution in [1.82, 2.24) is 4.98 Å². The Morgan fingerprint density at radius 2 is 2.00 bits per heavy atom. The van der Waals surface area contributed by atoms with E-state index in [0.29, 0.717) is 17.4 Å². The molecule has 1 aromatic heterocycles. The van der Waals surface area contributed by atoms with E-state index < -0.39 is 0 Å². The van der Waals surface area contributed by atoms with E-state index >= 15 is 0 Å². The Bertz CT molecular complexity index is 576. The van der Waals surface area contributed by atoms with E-state index in [9.17, 15) is 0 Å². The lowest BCUT2D eigenvalue weighted by molar-refractivity contribution is 0.471. The number of pyridine rings is 1. The molecule has 0 aliphatic heterocycles. The van der Waals surface area contributed by atoms with Gasteiger partial charge in [0.25, 0.3) is 0 Å². The lowest BCUT2D eigenvalue weighted by Gasteiger charge is -2.16. The maximum Gasteiger partial charge on any atom is 0.167 e. The maximum absolute atomic E-state index is 6.00. The molecule has 1 heterocycles. The molecule has 0 amide bonds. The first-order valence-corrected chi connectivity index (χ1v) is 6.95. The summed E-state index contributed by atoms with van der Waals surface area (Å²) in [6.45, 7) is 6.33. The number of hydrogen-bond acceptors (Lipinski definition) is 3. The molecular formula is C15H17BrN2O. The fourth-order valence-corrected chi connectivity index (χ4v) is 2.29. The molecule has 100 valence electrons. The van der Waals surface area contributed by atoms with Gasteiger partial charge in [-0.1, -0.05) is 26.0 Å². The van der Waals surface area contributed by atoms with Gasteiger partial charge in [0.2, 0.25) is 0 Å². The number of benzene rings is 1. The van der Waals surface area contributed by atoms with Crippen molar-refractivity contribution in [3.05, 3.63) is 46.2 Å². The number of anilines is 1. The zero-order valence-electron chi connectivity index (χ0n) is 11.3. The van der Waals surface area contributed by atoms with E-state index in [1.165, 1.54) is 0 Å². The van der Waals surface area contributed by atoms with Gasteiger partial charge in [0.05, 0.1) is 16.4 Å². The predicted octanol–water partition coefficient (Wildman–Crippen LogP) is 4.65. The molecule has 3 nitrogen and oxygen atoms in total. The van der Waals surface area contributed by atoms with Crippen molar-refractivity contribution in [2.24, 2.45) is 0 Å². The molecule has 1 aromatic carbocycles. The first-order valence-electron chi connectivity index (χ1n) is 6.16. The molecule has 0 atom stereocenters. The molecule has 0 aliphatic carbocycles. The third-order valence-electron chi connectivity index (χ3n) is 2.88. The van der Waals surface area contributed by atoms with E-state index in [1.807, 2.05) is 13.0 Å². The van der Waals surface area contributed by atoms with Gasteiger partial charge in [0.15, 0.2) is 5.75 Å². The smallest absolute Gasteiger partial charge is 0.167 e. The quantitative estimate of drug-likeness (QED) is 0.895. The number of nitrogen functional groups attached to an aromatic ring is 1. The van der Waals surface area contributed by atoms with Crippen LogP contribution in [-0.2, 0) is 0 Å². The Labute approximate surface area is 121 Å². The second-order valence-electron chi connectivity index (χ2n) is 4.84. The van der Waals surface area contributed by atoms with Crippen LogP contribution in [0.4, 0.5) is 5.69 Å². The van der Waals surface area contributed by atoms with E-state index in [1.54, 1.807) is 12.4 Å². The summed E-state index contributed by atoms with van der Waals surface area (Å²) in [6.07, 6.45) is 3.27. The van der Waals surface area contributed by atoms with E-state index in [0.717, 1.165) is 21.3 Å². The molecule has 2 N–H and O–H groups in total. The minimum Gasteiger partial charge on any atom is -0.454 e. The standard InChI is InChI=1S/C15H17BrN2O/c1-9(2)11-5-4-10(3)6-14(11)19-15-12(16)7-18-8-13(15)17/h4-9H,17H2,1-3H3. The zero-order chi connectivity index (χ0) is 14.0. The topological polar surface area (TPSA) is 48.1 Å². The largest absolute Gasteiger partial charge is 0.454 e. The first-order chi connectivity index (χ1) is 8.99. The van der Waals surface area contributed by atoms with Crippen LogP contribution in [-0.4, -0.2) is 4.98 Å². The van der Waals surface area contributed by atoms with Crippen molar-refractivity contribution < 1.29 is 4.74 Å². The highest BCUT2D eigenvalue weighted by Crippen LogP contribution is 2.37. The summed E-state index contributed by atoms with van der Waals surface area (Å²) in [5.41, 5.74) is 8.75. The van der Waals surface area contributed by atoms with Gasteiger partial charge in [-0.15, -0.1) is 0 Å². The molecule has 0 unspecified atom stereocenters. The van der Waals surface area contributed by atoms with Crippen molar-refractivity contribution in [2.45, 2.75) is 26.7 Å². The highest BCUT2D eigenvalue weighted by Gasteiger charge is 2.13. The first kappa shape index (κ1) is 13.9. The molecule has 0 fully saturated rings. The van der Waals surface area contributed by atoms with Gasteiger partial charge in [-0.2, -0.15) is 0 Å². The van der Waals surface area contributed by atoms with Gasteiger partial charge in [0.1, 0.15) is 5.75 Å². The maximum atomic E-state index is 6.00. The normalized spacial score (nSPS) is 10.8. The summed E-state index contributed by atoms with van der Waals surface area (Å²) in [6, 6.07) is 6.22. The Hall–Kier alpha value is -1.55. The molecule has 4 heteroatoms.